The lowest BCUT2D eigenvalue weighted by Gasteiger charge is -2.32. The molecule has 204 valence electrons. The van der Waals surface area contributed by atoms with Crippen LogP contribution in [0.5, 0.6) is 17.2 Å². The summed E-state index contributed by atoms with van der Waals surface area (Å²) in [5.74, 6) is 0.855. The van der Waals surface area contributed by atoms with E-state index in [1.54, 1.807) is 0 Å². The van der Waals surface area contributed by atoms with Crippen LogP contribution >= 0.6 is 0 Å². The lowest BCUT2D eigenvalue weighted by molar-refractivity contribution is -0.116. The van der Waals surface area contributed by atoms with Crippen LogP contribution in [0.25, 0.3) is 22.2 Å². The van der Waals surface area contributed by atoms with Crippen LogP contribution in [0.1, 0.15) is 22.7 Å². The molecule has 3 aromatic carbocycles. The number of aromatic hydroxyl groups is 1. The smallest absolute Gasteiger partial charge is 0.231 e. The predicted octanol–water partition coefficient (Wildman–Crippen LogP) is 6.92. The lowest BCUT2D eigenvalue weighted by Crippen LogP contribution is -2.38. The topological polar surface area (TPSA) is 63.4 Å². The van der Waals surface area contributed by atoms with Crippen molar-refractivity contribution in [3.8, 4) is 28.4 Å². The van der Waals surface area contributed by atoms with E-state index >= 15 is 0 Å². The Kier molecular flexibility index (Phi) is 5.54. The first-order chi connectivity index (χ1) is 20.7. The summed E-state index contributed by atoms with van der Waals surface area (Å²) in [6.07, 6.45) is 9.80. The van der Waals surface area contributed by atoms with Crippen LogP contribution in [-0.4, -0.2) is 33.0 Å². The van der Waals surface area contributed by atoms with Crippen LogP contribution in [0.4, 0.5) is 0 Å². The number of Topliss-reactive ketones (excluding diaryl/α,β-unsaturated/α-hetero) is 1. The second-order valence-electron chi connectivity index (χ2n) is 10.6. The fraction of sp³-hybridized carbons (Fsp3) is 0.0833. The third kappa shape index (κ3) is 3.62. The summed E-state index contributed by atoms with van der Waals surface area (Å²) in [5.41, 5.74) is 6.33. The molecule has 6 heteroatoms. The van der Waals surface area contributed by atoms with Crippen molar-refractivity contribution >= 4 is 16.9 Å². The van der Waals surface area contributed by atoms with E-state index in [9.17, 15) is 9.90 Å². The molecule has 5 heterocycles. The molecular weight excluding hydrogens is 524 g/mol. The number of allylic oxidation sites excluding steroid dienone is 3. The highest BCUT2D eigenvalue weighted by Gasteiger charge is 2.46. The lowest BCUT2D eigenvalue weighted by atomic mass is 9.83. The van der Waals surface area contributed by atoms with Crippen LogP contribution in [-0.2, 0) is 4.79 Å². The first-order valence-electron chi connectivity index (χ1n) is 13.9. The van der Waals surface area contributed by atoms with Crippen molar-refractivity contribution in [1.29, 1.82) is 0 Å². The molecule has 0 saturated carbocycles. The molecule has 5 aromatic rings. The Balaban J connectivity index is 1.40. The van der Waals surface area contributed by atoms with Crippen LogP contribution in [0.3, 0.4) is 0 Å². The summed E-state index contributed by atoms with van der Waals surface area (Å²) in [6, 6.07) is 30.7. The third-order valence-electron chi connectivity index (χ3n) is 8.31. The number of carbonyl (C=O) groups excluding carboxylic acids is 1. The number of ether oxygens (including phenoxy) is 2. The Morgan fingerprint density at radius 3 is 2.36 bits per heavy atom. The van der Waals surface area contributed by atoms with Crippen LogP contribution in [0, 0.1) is 0 Å². The molecule has 0 amide bonds. The van der Waals surface area contributed by atoms with Gasteiger partial charge in [0.1, 0.15) is 11.8 Å². The number of carbonyl (C=O) groups is 1. The van der Waals surface area contributed by atoms with Gasteiger partial charge in [-0.3, -0.25) is 4.79 Å². The molecule has 0 spiro atoms. The van der Waals surface area contributed by atoms with E-state index in [4.69, 9.17) is 9.47 Å². The van der Waals surface area contributed by atoms with Gasteiger partial charge in [-0.2, -0.15) is 0 Å². The molecule has 3 aliphatic heterocycles. The summed E-state index contributed by atoms with van der Waals surface area (Å²) in [4.78, 5) is 16.7. The molecule has 2 atom stereocenters. The minimum absolute atomic E-state index is 0.0124. The maximum atomic E-state index is 14.7. The number of rotatable bonds is 5. The summed E-state index contributed by atoms with van der Waals surface area (Å²) in [6.45, 7) is 0.146. The Bertz CT molecular complexity index is 1950. The molecule has 3 aliphatic rings. The number of benzene rings is 3. The molecule has 2 aromatic heterocycles. The summed E-state index contributed by atoms with van der Waals surface area (Å²) >= 11 is 0. The van der Waals surface area contributed by atoms with Crippen molar-refractivity contribution in [2.75, 3.05) is 6.79 Å². The molecule has 0 fully saturated rings. The van der Waals surface area contributed by atoms with Crippen LogP contribution in [0.15, 0.2) is 133 Å². The number of hydrogen-bond donors (Lipinski definition) is 1. The quantitative estimate of drug-likeness (QED) is 0.257. The molecule has 6 nitrogen and oxygen atoms in total. The van der Waals surface area contributed by atoms with E-state index in [1.165, 1.54) is 0 Å². The molecule has 42 heavy (non-hydrogen) atoms. The van der Waals surface area contributed by atoms with Gasteiger partial charge in [-0.1, -0.05) is 78.9 Å². The maximum Gasteiger partial charge on any atom is 0.231 e. The van der Waals surface area contributed by atoms with Gasteiger partial charge in [-0.15, -0.1) is 0 Å². The minimum Gasteiger partial charge on any atom is -0.505 e. The van der Waals surface area contributed by atoms with Gasteiger partial charge in [-0.05, 0) is 53.1 Å². The zero-order valence-corrected chi connectivity index (χ0v) is 22.6. The second kappa shape index (κ2) is 9.56. The van der Waals surface area contributed by atoms with Crippen molar-refractivity contribution in [2.24, 2.45) is 0 Å². The molecule has 0 bridgehead atoms. The van der Waals surface area contributed by atoms with E-state index in [0.29, 0.717) is 22.8 Å². The van der Waals surface area contributed by atoms with E-state index in [-0.39, 0.29) is 18.3 Å². The van der Waals surface area contributed by atoms with Gasteiger partial charge < -0.3 is 23.9 Å². The van der Waals surface area contributed by atoms with Gasteiger partial charge >= 0.3 is 0 Å². The normalized spacial score (nSPS) is 17.8. The fourth-order valence-corrected chi connectivity index (χ4v) is 6.52. The summed E-state index contributed by atoms with van der Waals surface area (Å²) in [5, 5.41) is 12.2. The number of nitrogens with zero attached hydrogens (tertiary/aromatic N) is 2. The highest BCUT2D eigenvalue weighted by molar-refractivity contribution is 6.27. The average Bonchev–Trinajstić information content (AvgIpc) is 3.71. The van der Waals surface area contributed by atoms with Gasteiger partial charge in [0, 0.05) is 18.0 Å². The largest absolute Gasteiger partial charge is 0.505 e. The molecular formula is C36H26N2O4. The molecule has 0 saturated heterocycles. The second-order valence-corrected chi connectivity index (χ2v) is 10.6. The van der Waals surface area contributed by atoms with Crippen molar-refractivity contribution in [1.82, 2.24) is 9.30 Å². The van der Waals surface area contributed by atoms with Gasteiger partial charge in [0.05, 0.1) is 28.4 Å². The van der Waals surface area contributed by atoms with E-state index in [0.717, 1.165) is 33.5 Å². The number of fused-ring (bicyclic) bond motifs is 3. The van der Waals surface area contributed by atoms with E-state index < -0.39 is 12.0 Å². The van der Waals surface area contributed by atoms with Crippen LogP contribution in [0.2, 0.25) is 0 Å². The Hall–Kier alpha value is -5.49. The fourth-order valence-electron chi connectivity index (χ4n) is 6.52. The first kappa shape index (κ1) is 24.3. The van der Waals surface area contributed by atoms with E-state index in [1.807, 2.05) is 137 Å². The van der Waals surface area contributed by atoms with Crippen LogP contribution < -0.4 is 9.47 Å². The third-order valence-corrected chi connectivity index (χ3v) is 8.31. The number of ketones is 1. The van der Waals surface area contributed by atoms with Crippen molar-refractivity contribution in [3.63, 3.8) is 0 Å². The van der Waals surface area contributed by atoms with Crippen molar-refractivity contribution in [3.05, 3.63) is 150 Å². The number of hydrogen-bond acceptors (Lipinski definition) is 5. The summed E-state index contributed by atoms with van der Waals surface area (Å²) < 4.78 is 13.4. The standard InChI is InChI=1S/C36H26N2O4/c39-35-30(23-11-3-1-4-12-23)26-15-7-9-19-37(26)33(35)32(25-17-18-28-29(21-25)42-22-41-28)34-36(40)31(24-13-5-2-6-14-24)27-16-8-10-20-38(27)34/h1-21,32-33,40H,22H2. The minimum atomic E-state index is -0.662. The van der Waals surface area contributed by atoms with Crippen molar-refractivity contribution < 1.29 is 19.4 Å². The summed E-state index contributed by atoms with van der Waals surface area (Å²) in [7, 11) is 0. The van der Waals surface area contributed by atoms with Gasteiger partial charge in [-0.25, -0.2) is 0 Å². The number of aromatic nitrogens is 1. The van der Waals surface area contributed by atoms with Gasteiger partial charge in [0.15, 0.2) is 17.3 Å². The van der Waals surface area contributed by atoms with Gasteiger partial charge in [0.2, 0.25) is 6.79 Å². The maximum absolute atomic E-state index is 14.7. The average molecular weight is 551 g/mol. The molecule has 0 aliphatic carbocycles. The predicted molar refractivity (Wildman–Crippen MR) is 161 cm³/mol. The van der Waals surface area contributed by atoms with E-state index in [2.05, 4.69) is 0 Å². The SMILES string of the molecule is O=C1C(c2ccccc2)=C2C=CC=CN2C1C(c1ccc2c(c1)OCO2)c1c(O)c(-c2ccccc2)c2ccccn12. The first-order valence-corrected chi connectivity index (χ1v) is 13.9. The zero-order chi connectivity index (χ0) is 28.2. The Morgan fingerprint density at radius 2 is 1.55 bits per heavy atom. The molecule has 8 rings (SSSR count). The molecule has 0 radical (unpaired) electrons. The Labute approximate surface area is 242 Å². The monoisotopic (exact) mass is 550 g/mol. The molecule has 2 unspecified atom stereocenters. The number of pyridine rings is 1. The highest BCUT2D eigenvalue weighted by atomic mass is 16.7. The van der Waals surface area contributed by atoms with Gasteiger partial charge in [0.25, 0.3) is 0 Å². The zero-order valence-electron chi connectivity index (χ0n) is 22.6. The molecule has 1 N–H and O–H groups in total. The Morgan fingerprint density at radius 1 is 0.810 bits per heavy atom. The highest BCUT2D eigenvalue weighted by Crippen LogP contribution is 2.50. The van der Waals surface area contributed by atoms with Crippen molar-refractivity contribution in [2.45, 2.75) is 12.0 Å².